The van der Waals surface area contributed by atoms with E-state index in [1.54, 1.807) is 6.92 Å². The van der Waals surface area contributed by atoms with E-state index in [2.05, 4.69) is 10.3 Å². The number of urea groups is 1. The number of nitrogens with one attached hydrogen (secondary N) is 1. The molecule has 1 aliphatic rings. The molecule has 1 N–H and O–H groups in total. The first-order valence-corrected chi connectivity index (χ1v) is 8.49. The second-order valence-corrected chi connectivity index (χ2v) is 6.94. The van der Waals surface area contributed by atoms with Crippen LogP contribution in [0.5, 0.6) is 0 Å². The van der Waals surface area contributed by atoms with E-state index in [4.69, 9.17) is 0 Å². The number of thiophene rings is 1. The van der Waals surface area contributed by atoms with E-state index in [0.29, 0.717) is 0 Å². The molecule has 1 saturated heterocycles. The Kier molecular flexibility index (Phi) is 3.21. The van der Waals surface area contributed by atoms with Gasteiger partial charge in [-0.2, -0.15) is 0 Å². The van der Waals surface area contributed by atoms with E-state index >= 15 is 0 Å². The summed E-state index contributed by atoms with van der Waals surface area (Å²) in [6.45, 7) is 3.84. The summed E-state index contributed by atoms with van der Waals surface area (Å²) in [5.74, 6) is -0.236. The fourth-order valence-corrected chi connectivity index (χ4v) is 3.91. The standard InChI is InChI=1S/C17H16N4O2S/c1-11-12(20-8-4-3-7-14(20)18-11)10-21-15(22)17(2,19-16(21)23)13-6-5-9-24-13/h3-9H,10H2,1-2H3,(H,19,23)/t17-/m1/s1. The first kappa shape index (κ1) is 14.9. The van der Waals surface area contributed by atoms with Crippen LogP contribution in [-0.4, -0.2) is 26.2 Å². The lowest BCUT2D eigenvalue weighted by atomic mass is 10.0. The Morgan fingerprint density at radius 2 is 2.08 bits per heavy atom. The highest BCUT2D eigenvalue weighted by molar-refractivity contribution is 7.10. The van der Waals surface area contributed by atoms with Crippen molar-refractivity contribution in [3.8, 4) is 0 Å². The minimum Gasteiger partial charge on any atom is -0.319 e. The molecule has 0 aliphatic carbocycles. The quantitative estimate of drug-likeness (QED) is 0.746. The van der Waals surface area contributed by atoms with E-state index < -0.39 is 5.54 Å². The molecule has 24 heavy (non-hydrogen) atoms. The van der Waals surface area contributed by atoms with Gasteiger partial charge in [-0.05, 0) is 37.4 Å². The first-order chi connectivity index (χ1) is 11.5. The summed E-state index contributed by atoms with van der Waals surface area (Å²) in [6.07, 6.45) is 1.89. The third-order valence-electron chi connectivity index (χ3n) is 4.43. The number of hydrogen-bond donors (Lipinski definition) is 1. The van der Waals surface area contributed by atoms with E-state index in [0.717, 1.165) is 21.9 Å². The maximum atomic E-state index is 12.9. The van der Waals surface area contributed by atoms with E-state index in [1.165, 1.54) is 16.2 Å². The zero-order valence-electron chi connectivity index (χ0n) is 13.3. The monoisotopic (exact) mass is 340 g/mol. The minimum atomic E-state index is -1.00. The van der Waals surface area contributed by atoms with Gasteiger partial charge in [0.25, 0.3) is 5.91 Å². The van der Waals surface area contributed by atoms with E-state index in [9.17, 15) is 9.59 Å². The molecule has 4 heterocycles. The number of amides is 3. The molecule has 6 nitrogen and oxygen atoms in total. The molecule has 7 heteroatoms. The number of carbonyl (C=O) groups is 2. The van der Waals surface area contributed by atoms with Gasteiger partial charge >= 0.3 is 6.03 Å². The van der Waals surface area contributed by atoms with Crippen LogP contribution in [0.25, 0.3) is 5.65 Å². The Balaban J connectivity index is 1.71. The van der Waals surface area contributed by atoms with Gasteiger partial charge in [-0.25, -0.2) is 9.78 Å². The van der Waals surface area contributed by atoms with Crippen LogP contribution in [0.15, 0.2) is 41.9 Å². The Hall–Kier alpha value is -2.67. The number of imidazole rings is 1. The number of pyridine rings is 1. The van der Waals surface area contributed by atoms with Crippen molar-refractivity contribution < 1.29 is 9.59 Å². The zero-order chi connectivity index (χ0) is 16.9. The van der Waals surface area contributed by atoms with Gasteiger partial charge in [0, 0.05) is 11.1 Å². The summed E-state index contributed by atoms with van der Waals surface area (Å²) in [5, 5.41) is 4.73. The normalized spacial score (nSPS) is 20.8. The molecular formula is C17H16N4O2S. The van der Waals surface area contributed by atoms with Crippen molar-refractivity contribution in [2.75, 3.05) is 0 Å². The molecular weight excluding hydrogens is 324 g/mol. The predicted molar refractivity (Wildman–Crippen MR) is 90.7 cm³/mol. The second kappa shape index (κ2) is 5.17. The zero-order valence-corrected chi connectivity index (χ0v) is 14.1. The topological polar surface area (TPSA) is 66.7 Å². The van der Waals surface area contributed by atoms with Crippen LogP contribution in [0.3, 0.4) is 0 Å². The molecule has 0 saturated carbocycles. The molecule has 0 unspecified atom stereocenters. The number of rotatable bonds is 3. The Morgan fingerprint density at radius 1 is 1.25 bits per heavy atom. The predicted octanol–water partition coefficient (Wildman–Crippen LogP) is 2.67. The van der Waals surface area contributed by atoms with Crippen LogP contribution < -0.4 is 5.32 Å². The third-order valence-corrected chi connectivity index (χ3v) is 5.52. The number of imide groups is 1. The summed E-state index contributed by atoms with van der Waals surface area (Å²) in [7, 11) is 0. The lowest BCUT2D eigenvalue weighted by molar-refractivity contribution is -0.131. The average molecular weight is 340 g/mol. The van der Waals surface area contributed by atoms with Crippen molar-refractivity contribution in [3.05, 3.63) is 58.2 Å². The van der Waals surface area contributed by atoms with Crippen LogP contribution in [0, 0.1) is 6.92 Å². The summed E-state index contributed by atoms with van der Waals surface area (Å²) in [4.78, 5) is 32.0. The largest absolute Gasteiger partial charge is 0.325 e. The highest BCUT2D eigenvalue weighted by atomic mass is 32.1. The van der Waals surface area contributed by atoms with Gasteiger partial charge in [0.05, 0.1) is 17.9 Å². The number of aryl methyl sites for hydroxylation is 1. The molecule has 0 aromatic carbocycles. The van der Waals surface area contributed by atoms with Crippen molar-refractivity contribution in [1.29, 1.82) is 0 Å². The molecule has 3 aromatic rings. The van der Waals surface area contributed by atoms with Crippen LogP contribution in [0.2, 0.25) is 0 Å². The molecule has 0 bridgehead atoms. The molecule has 0 spiro atoms. The third kappa shape index (κ3) is 2.05. The van der Waals surface area contributed by atoms with Crippen LogP contribution >= 0.6 is 11.3 Å². The van der Waals surface area contributed by atoms with Gasteiger partial charge in [0.2, 0.25) is 0 Å². The number of nitrogens with zero attached hydrogens (tertiary/aromatic N) is 3. The lowest BCUT2D eigenvalue weighted by Crippen LogP contribution is -2.40. The molecule has 1 fully saturated rings. The second-order valence-electron chi connectivity index (χ2n) is 6.00. The highest BCUT2D eigenvalue weighted by Crippen LogP contribution is 2.32. The van der Waals surface area contributed by atoms with Crippen molar-refractivity contribution in [2.45, 2.75) is 25.9 Å². The summed E-state index contributed by atoms with van der Waals surface area (Å²) >= 11 is 1.46. The summed E-state index contributed by atoms with van der Waals surface area (Å²) in [6, 6.07) is 9.08. The molecule has 3 amide bonds. The Bertz CT molecular complexity index is 947. The number of hydrogen-bond acceptors (Lipinski definition) is 4. The van der Waals surface area contributed by atoms with Gasteiger partial charge in [-0.3, -0.25) is 9.69 Å². The molecule has 3 aromatic heterocycles. The van der Waals surface area contributed by atoms with Gasteiger partial charge in [-0.15, -0.1) is 11.3 Å². The first-order valence-electron chi connectivity index (χ1n) is 7.61. The lowest BCUT2D eigenvalue weighted by Gasteiger charge is -2.20. The van der Waals surface area contributed by atoms with E-state index in [1.807, 2.05) is 53.2 Å². The minimum absolute atomic E-state index is 0.197. The van der Waals surface area contributed by atoms with Crippen molar-refractivity contribution >= 4 is 28.9 Å². The highest BCUT2D eigenvalue weighted by Gasteiger charge is 2.49. The van der Waals surface area contributed by atoms with Gasteiger partial charge < -0.3 is 9.72 Å². The van der Waals surface area contributed by atoms with Gasteiger partial charge in [-0.1, -0.05) is 12.1 Å². The number of aromatic nitrogens is 2. The molecule has 122 valence electrons. The van der Waals surface area contributed by atoms with Crippen LogP contribution in [-0.2, 0) is 16.9 Å². The molecule has 1 aliphatic heterocycles. The maximum absolute atomic E-state index is 12.9. The molecule has 4 rings (SSSR count). The number of carbonyl (C=O) groups excluding carboxylic acids is 2. The fourth-order valence-electron chi connectivity index (χ4n) is 3.08. The smallest absolute Gasteiger partial charge is 0.319 e. The van der Waals surface area contributed by atoms with Crippen LogP contribution in [0.1, 0.15) is 23.2 Å². The molecule has 0 radical (unpaired) electrons. The summed E-state index contributed by atoms with van der Waals surface area (Å²) < 4.78 is 1.91. The van der Waals surface area contributed by atoms with Crippen LogP contribution in [0.4, 0.5) is 4.79 Å². The average Bonchev–Trinajstić information content (AvgIpc) is 3.24. The summed E-state index contributed by atoms with van der Waals surface area (Å²) in [5.41, 5.74) is 1.45. The number of fused-ring (bicyclic) bond motifs is 1. The van der Waals surface area contributed by atoms with Crippen molar-refractivity contribution in [3.63, 3.8) is 0 Å². The fraction of sp³-hybridized carbons (Fsp3) is 0.235. The SMILES string of the molecule is Cc1nc2ccccn2c1CN1C(=O)N[C@](C)(c2cccs2)C1=O. The Morgan fingerprint density at radius 3 is 2.83 bits per heavy atom. The maximum Gasteiger partial charge on any atom is 0.325 e. The van der Waals surface area contributed by atoms with Gasteiger partial charge in [0.15, 0.2) is 5.54 Å². The van der Waals surface area contributed by atoms with Crippen molar-refractivity contribution in [2.24, 2.45) is 0 Å². The molecule has 1 atom stereocenters. The van der Waals surface area contributed by atoms with Crippen molar-refractivity contribution in [1.82, 2.24) is 19.6 Å². The van der Waals surface area contributed by atoms with Gasteiger partial charge in [0.1, 0.15) is 5.65 Å². The Labute approximate surface area is 142 Å². The van der Waals surface area contributed by atoms with E-state index in [-0.39, 0.29) is 18.5 Å².